The predicted molar refractivity (Wildman–Crippen MR) is 105 cm³/mol. The number of carbonyl (C=O) groups excluding carboxylic acids is 2. The number of carbonyl (C=O) groups is 2. The summed E-state index contributed by atoms with van der Waals surface area (Å²) < 4.78 is 39.8. The topological polar surface area (TPSA) is 110 Å². The van der Waals surface area contributed by atoms with E-state index in [1.54, 1.807) is 12.1 Å². The van der Waals surface area contributed by atoms with E-state index >= 15 is 0 Å². The highest BCUT2D eigenvalue weighted by atomic mass is 32.2. The number of amides is 2. The van der Waals surface area contributed by atoms with Crippen LogP contribution < -0.4 is 11.1 Å². The lowest BCUT2D eigenvalue weighted by Gasteiger charge is -2.30. The minimum Gasteiger partial charge on any atom is -0.366 e. The monoisotopic (exact) mass is 419 g/mol. The van der Waals surface area contributed by atoms with Crippen LogP contribution in [-0.4, -0.2) is 37.6 Å². The molecule has 0 atom stereocenters. The zero-order valence-corrected chi connectivity index (χ0v) is 16.5. The van der Waals surface area contributed by atoms with Crippen LogP contribution in [0.25, 0.3) is 0 Å². The Morgan fingerprint density at radius 2 is 1.62 bits per heavy atom. The van der Waals surface area contributed by atoms with Gasteiger partial charge in [0.1, 0.15) is 5.82 Å². The predicted octanol–water partition coefficient (Wildman–Crippen LogP) is 1.64. The Kier molecular flexibility index (Phi) is 6.29. The molecule has 9 heteroatoms. The fraction of sp³-hybridized carbons (Fsp3) is 0.300. The fourth-order valence-electron chi connectivity index (χ4n) is 3.23. The van der Waals surface area contributed by atoms with Gasteiger partial charge in [0.25, 0.3) is 0 Å². The van der Waals surface area contributed by atoms with Gasteiger partial charge in [0.05, 0.1) is 4.90 Å². The highest BCUT2D eigenvalue weighted by Gasteiger charge is 2.32. The van der Waals surface area contributed by atoms with Gasteiger partial charge in [-0.15, -0.1) is 0 Å². The molecule has 1 heterocycles. The summed E-state index contributed by atoms with van der Waals surface area (Å²) in [5.41, 5.74) is 6.20. The second-order valence-corrected chi connectivity index (χ2v) is 8.85. The molecule has 2 aromatic carbocycles. The van der Waals surface area contributed by atoms with Gasteiger partial charge in [0.2, 0.25) is 21.8 Å². The molecule has 2 amide bonds. The lowest BCUT2D eigenvalue weighted by molar-refractivity contribution is -0.126. The normalized spacial score (nSPS) is 15.8. The van der Waals surface area contributed by atoms with Crippen LogP contribution in [0.3, 0.4) is 0 Å². The Morgan fingerprint density at radius 3 is 2.17 bits per heavy atom. The summed E-state index contributed by atoms with van der Waals surface area (Å²) in [6.07, 6.45) is 0.821. The minimum absolute atomic E-state index is 0.0849. The first-order chi connectivity index (χ1) is 13.8. The number of rotatable bonds is 6. The summed E-state index contributed by atoms with van der Waals surface area (Å²) in [7, 11) is -3.70. The molecule has 154 valence electrons. The number of nitrogens with zero attached hydrogens (tertiary/aromatic N) is 1. The molecule has 1 aliphatic rings. The van der Waals surface area contributed by atoms with Gasteiger partial charge in [-0.25, -0.2) is 12.8 Å². The van der Waals surface area contributed by atoms with Gasteiger partial charge in [-0.2, -0.15) is 4.31 Å². The standard InChI is InChI=1S/C20H22FN3O4S/c21-17-5-1-14(2-6-17)13-23-20(26)16-9-11-24(12-10-16)29(27,28)18-7-3-15(4-8-18)19(22)25/h1-8,16H,9-13H2,(H2,22,25)(H,23,26). The van der Waals surface area contributed by atoms with E-state index in [0.717, 1.165) is 5.56 Å². The molecule has 0 saturated carbocycles. The smallest absolute Gasteiger partial charge is 0.248 e. The van der Waals surface area contributed by atoms with Gasteiger partial charge in [0.15, 0.2) is 0 Å². The number of hydrogen-bond acceptors (Lipinski definition) is 4. The molecule has 0 bridgehead atoms. The van der Waals surface area contributed by atoms with Crippen LogP contribution in [-0.2, 0) is 21.4 Å². The summed E-state index contributed by atoms with van der Waals surface area (Å²) in [6.45, 7) is 0.757. The average molecular weight is 419 g/mol. The van der Waals surface area contributed by atoms with Crippen molar-refractivity contribution in [3.05, 3.63) is 65.5 Å². The van der Waals surface area contributed by atoms with Crippen molar-refractivity contribution in [3.63, 3.8) is 0 Å². The molecule has 0 aliphatic carbocycles. The molecule has 0 aromatic heterocycles. The number of piperidine rings is 1. The van der Waals surface area contributed by atoms with E-state index in [0.29, 0.717) is 19.4 Å². The van der Waals surface area contributed by atoms with Crippen LogP contribution in [0.5, 0.6) is 0 Å². The summed E-state index contributed by atoms with van der Waals surface area (Å²) in [5, 5.41) is 2.82. The van der Waals surface area contributed by atoms with Crippen LogP contribution in [0.4, 0.5) is 4.39 Å². The van der Waals surface area contributed by atoms with Gasteiger partial charge < -0.3 is 11.1 Å². The van der Waals surface area contributed by atoms with Gasteiger partial charge in [-0.05, 0) is 54.8 Å². The molecule has 1 fully saturated rings. The largest absolute Gasteiger partial charge is 0.366 e. The molecular weight excluding hydrogens is 397 g/mol. The zero-order chi connectivity index (χ0) is 21.0. The first kappa shape index (κ1) is 20.9. The molecule has 3 N–H and O–H groups in total. The Hall–Kier alpha value is -2.78. The van der Waals surface area contributed by atoms with Crippen LogP contribution in [0.1, 0.15) is 28.8 Å². The van der Waals surface area contributed by atoms with E-state index in [2.05, 4.69) is 5.32 Å². The van der Waals surface area contributed by atoms with Gasteiger partial charge in [-0.3, -0.25) is 9.59 Å². The van der Waals surface area contributed by atoms with Crippen LogP contribution in [0.2, 0.25) is 0 Å². The Morgan fingerprint density at radius 1 is 1.03 bits per heavy atom. The quantitative estimate of drug-likeness (QED) is 0.742. The van der Waals surface area contributed by atoms with E-state index in [-0.39, 0.29) is 41.2 Å². The molecule has 2 aromatic rings. The zero-order valence-electron chi connectivity index (χ0n) is 15.7. The van der Waals surface area contributed by atoms with Gasteiger partial charge in [0, 0.05) is 31.1 Å². The van der Waals surface area contributed by atoms with Crippen molar-refractivity contribution in [3.8, 4) is 0 Å². The summed E-state index contributed by atoms with van der Waals surface area (Å²) in [4.78, 5) is 23.6. The number of hydrogen-bond donors (Lipinski definition) is 2. The third kappa shape index (κ3) is 4.99. The van der Waals surface area contributed by atoms with Crippen molar-refractivity contribution < 1.29 is 22.4 Å². The van der Waals surface area contributed by atoms with Crippen molar-refractivity contribution >= 4 is 21.8 Å². The van der Waals surface area contributed by atoms with Crippen LogP contribution in [0.15, 0.2) is 53.4 Å². The Balaban J connectivity index is 1.55. The van der Waals surface area contributed by atoms with Crippen LogP contribution in [0, 0.1) is 11.7 Å². The number of benzene rings is 2. The molecule has 1 aliphatic heterocycles. The number of nitrogens with one attached hydrogen (secondary N) is 1. The average Bonchev–Trinajstić information content (AvgIpc) is 2.73. The molecule has 7 nitrogen and oxygen atoms in total. The Bertz CT molecular complexity index is 983. The summed E-state index contributed by atoms with van der Waals surface area (Å²) in [6, 6.07) is 11.4. The van der Waals surface area contributed by atoms with Crippen molar-refractivity contribution in [2.24, 2.45) is 11.7 Å². The number of halogens is 1. The van der Waals surface area contributed by atoms with Crippen molar-refractivity contribution in [2.75, 3.05) is 13.1 Å². The van der Waals surface area contributed by atoms with E-state index in [1.165, 1.54) is 40.7 Å². The van der Waals surface area contributed by atoms with Gasteiger partial charge in [-0.1, -0.05) is 12.1 Å². The summed E-state index contributed by atoms with van der Waals surface area (Å²) in [5.74, 6) is -1.38. The first-order valence-corrected chi connectivity index (χ1v) is 10.6. The fourth-order valence-corrected chi connectivity index (χ4v) is 4.70. The third-order valence-electron chi connectivity index (χ3n) is 4.98. The molecule has 0 unspecified atom stereocenters. The van der Waals surface area contributed by atoms with E-state index < -0.39 is 15.9 Å². The highest BCUT2D eigenvalue weighted by molar-refractivity contribution is 7.89. The summed E-state index contributed by atoms with van der Waals surface area (Å²) >= 11 is 0. The highest BCUT2D eigenvalue weighted by Crippen LogP contribution is 2.24. The molecule has 3 rings (SSSR count). The minimum atomic E-state index is -3.70. The van der Waals surface area contributed by atoms with Crippen molar-refractivity contribution in [1.82, 2.24) is 9.62 Å². The third-order valence-corrected chi connectivity index (χ3v) is 6.89. The molecular formula is C20H22FN3O4S. The molecule has 0 spiro atoms. The van der Waals surface area contributed by atoms with E-state index in [1.807, 2.05) is 0 Å². The molecule has 29 heavy (non-hydrogen) atoms. The second kappa shape index (κ2) is 8.71. The lowest BCUT2D eigenvalue weighted by Crippen LogP contribution is -2.42. The van der Waals surface area contributed by atoms with Crippen LogP contribution >= 0.6 is 0 Å². The molecule has 1 saturated heterocycles. The Labute approximate surface area is 168 Å². The molecule has 0 radical (unpaired) electrons. The number of nitrogens with two attached hydrogens (primary N) is 1. The van der Waals surface area contributed by atoms with E-state index in [9.17, 15) is 22.4 Å². The van der Waals surface area contributed by atoms with Crippen molar-refractivity contribution in [2.45, 2.75) is 24.3 Å². The van der Waals surface area contributed by atoms with E-state index in [4.69, 9.17) is 5.73 Å². The second-order valence-electron chi connectivity index (χ2n) is 6.91. The maximum absolute atomic E-state index is 12.9. The SMILES string of the molecule is NC(=O)c1ccc(S(=O)(=O)N2CCC(C(=O)NCc3ccc(F)cc3)CC2)cc1. The lowest BCUT2D eigenvalue weighted by atomic mass is 9.97. The maximum atomic E-state index is 12.9. The number of sulfonamides is 1. The maximum Gasteiger partial charge on any atom is 0.248 e. The van der Waals surface area contributed by atoms with Crippen molar-refractivity contribution in [1.29, 1.82) is 0 Å². The van der Waals surface area contributed by atoms with Gasteiger partial charge >= 0.3 is 0 Å². The first-order valence-electron chi connectivity index (χ1n) is 9.19. The number of primary amides is 1.